The van der Waals surface area contributed by atoms with E-state index in [1.54, 1.807) is 6.33 Å². The van der Waals surface area contributed by atoms with Gasteiger partial charge in [0, 0.05) is 25.2 Å². The molecule has 1 aromatic heterocycles. The van der Waals surface area contributed by atoms with Gasteiger partial charge in [-0.2, -0.15) is 0 Å². The Kier molecular flexibility index (Phi) is 4.18. The van der Waals surface area contributed by atoms with Gasteiger partial charge in [-0.05, 0) is 25.7 Å². The molecule has 0 spiro atoms. The van der Waals surface area contributed by atoms with Crippen molar-refractivity contribution >= 4 is 11.6 Å². The molecule has 0 amide bonds. The van der Waals surface area contributed by atoms with E-state index in [9.17, 15) is 0 Å². The number of nitrogens with one attached hydrogen (secondary N) is 1. The summed E-state index contributed by atoms with van der Waals surface area (Å²) in [4.78, 5) is 11.2. The summed E-state index contributed by atoms with van der Waals surface area (Å²) in [5.74, 6) is 2.16. The second kappa shape index (κ2) is 5.84. The minimum Gasteiger partial charge on any atom is -0.370 e. The maximum absolute atomic E-state index is 4.48. The summed E-state index contributed by atoms with van der Waals surface area (Å²) < 4.78 is 0. The molecular weight excluding hydrogens is 212 g/mol. The molecule has 1 N–H and O–H groups in total. The first-order valence-corrected chi connectivity index (χ1v) is 6.69. The Morgan fingerprint density at radius 2 is 2.00 bits per heavy atom. The predicted octanol–water partition coefficient (Wildman–Crippen LogP) is 2.46. The summed E-state index contributed by atoms with van der Waals surface area (Å²) >= 11 is 0. The third-order valence-corrected chi connectivity index (χ3v) is 3.22. The van der Waals surface area contributed by atoms with Crippen LogP contribution in [0.5, 0.6) is 0 Å². The maximum atomic E-state index is 4.48. The van der Waals surface area contributed by atoms with Crippen molar-refractivity contribution in [2.75, 3.05) is 29.9 Å². The molecule has 1 aliphatic rings. The number of nitrogens with zero attached hydrogens (tertiary/aromatic N) is 3. The Hall–Kier alpha value is -1.32. The third-order valence-electron chi connectivity index (χ3n) is 3.22. The molecule has 1 aromatic rings. The number of hydrogen-bond acceptors (Lipinski definition) is 4. The quantitative estimate of drug-likeness (QED) is 0.849. The van der Waals surface area contributed by atoms with Gasteiger partial charge in [-0.1, -0.05) is 13.8 Å². The van der Waals surface area contributed by atoms with Crippen LogP contribution < -0.4 is 10.2 Å². The van der Waals surface area contributed by atoms with Crippen molar-refractivity contribution in [3.05, 3.63) is 11.9 Å². The van der Waals surface area contributed by atoms with Crippen LogP contribution in [0.25, 0.3) is 0 Å². The van der Waals surface area contributed by atoms with Crippen LogP contribution >= 0.6 is 0 Å². The van der Waals surface area contributed by atoms with Crippen molar-refractivity contribution in [2.24, 2.45) is 0 Å². The van der Waals surface area contributed by atoms with Crippen molar-refractivity contribution < 1.29 is 0 Å². The van der Waals surface area contributed by atoms with Crippen LogP contribution in [0.3, 0.4) is 0 Å². The summed E-state index contributed by atoms with van der Waals surface area (Å²) in [6, 6.07) is 0. The molecular formula is C13H22N4. The standard InChI is InChI=1S/C13H22N4/c1-3-7-14-12-11(4-2)13(16-10-15-12)17-8-5-6-9-17/h10H,3-9H2,1-2H3,(H,14,15,16). The van der Waals surface area contributed by atoms with Crippen LogP contribution in [-0.4, -0.2) is 29.6 Å². The highest BCUT2D eigenvalue weighted by atomic mass is 15.2. The minimum absolute atomic E-state index is 0.976. The zero-order chi connectivity index (χ0) is 12.1. The van der Waals surface area contributed by atoms with Crippen LogP contribution in [0.15, 0.2) is 6.33 Å². The molecule has 4 heteroatoms. The highest BCUT2D eigenvalue weighted by Crippen LogP contribution is 2.26. The lowest BCUT2D eigenvalue weighted by Gasteiger charge is -2.21. The molecule has 17 heavy (non-hydrogen) atoms. The average Bonchev–Trinajstić information content (AvgIpc) is 2.89. The molecule has 0 aromatic carbocycles. The van der Waals surface area contributed by atoms with Gasteiger partial charge in [0.05, 0.1) is 0 Å². The second-order valence-corrected chi connectivity index (χ2v) is 4.50. The highest BCUT2D eigenvalue weighted by Gasteiger charge is 2.18. The lowest BCUT2D eigenvalue weighted by atomic mass is 10.2. The molecule has 4 nitrogen and oxygen atoms in total. The van der Waals surface area contributed by atoms with Crippen LogP contribution in [0.1, 0.15) is 38.7 Å². The molecule has 0 saturated carbocycles. The van der Waals surface area contributed by atoms with Crippen LogP contribution in [0, 0.1) is 0 Å². The summed E-state index contributed by atoms with van der Waals surface area (Å²) in [5, 5.41) is 3.40. The van der Waals surface area contributed by atoms with Gasteiger partial charge in [0.25, 0.3) is 0 Å². The van der Waals surface area contributed by atoms with E-state index in [1.807, 2.05) is 0 Å². The first-order chi connectivity index (χ1) is 8.36. The van der Waals surface area contributed by atoms with Crippen molar-refractivity contribution in [1.29, 1.82) is 0 Å². The van der Waals surface area contributed by atoms with Crippen LogP contribution in [0.2, 0.25) is 0 Å². The zero-order valence-corrected chi connectivity index (χ0v) is 10.9. The van der Waals surface area contributed by atoms with Crippen LogP contribution in [0.4, 0.5) is 11.6 Å². The molecule has 2 heterocycles. The predicted molar refractivity (Wildman–Crippen MR) is 71.6 cm³/mol. The smallest absolute Gasteiger partial charge is 0.137 e. The Labute approximate surface area is 103 Å². The largest absolute Gasteiger partial charge is 0.370 e. The molecule has 0 aliphatic carbocycles. The summed E-state index contributed by atoms with van der Waals surface area (Å²) in [7, 11) is 0. The molecule has 0 unspecified atom stereocenters. The molecule has 1 saturated heterocycles. The topological polar surface area (TPSA) is 41.1 Å². The van der Waals surface area contributed by atoms with E-state index in [0.29, 0.717) is 0 Å². The van der Waals surface area contributed by atoms with E-state index in [4.69, 9.17) is 0 Å². The van der Waals surface area contributed by atoms with Crippen molar-refractivity contribution in [3.63, 3.8) is 0 Å². The highest BCUT2D eigenvalue weighted by molar-refractivity contribution is 5.59. The monoisotopic (exact) mass is 234 g/mol. The Balaban J connectivity index is 2.24. The maximum Gasteiger partial charge on any atom is 0.137 e. The molecule has 1 fully saturated rings. The van der Waals surface area contributed by atoms with E-state index < -0.39 is 0 Å². The number of anilines is 2. The zero-order valence-electron chi connectivity index (χ0n) is 10.9. The Morgan fingerprint density at radius 3 is 2.65 bits per heavy atom. The van der Waals surface area contributed by atoms with Gasteiger partial charge in [0.1, 0.15) is 18.0 Å². The molecule has 0 bridgehead atoms. The summed E-state index contributed by atoms with van der Waals surface area (Å²) in [6.07, 6.45) is 6.35. The fraction of sp³-hybridized carbons (Fsp3) is 0.692. The van der Waals surface area contributed by atoms with Crippen LogP contribution in [-0.2, 0) is 6.42 Å². The Morgan fingerprint density at radius 1 is 1.24 bits per heavy atom. The molecule has 94 valence electrons. The fourth-order valence-corrected chi connectivity index (χ4v) is 2.33. The van der Waals surface area contributed by atoms with E-state index in [-0.39, 0.29) is 0 Å². The molecule has 0 atom stereocenters. The van der Waals surface area contributed by atoms with Gasteiger partial charge in [-0.25, -0.2) is 9.97 Å². The van der Waals surface area contributed by atoms with Crippen molar-refractivity contribution in [1.82, 2.24) is 9.97 Å². The van der Waals surface area contributed by atoms with Gasteiger partial charge < -0.3 is 10.2 Å². The van der Waals surface area contributed by atoms with Gasteiger partial charge in [0.15, 0.2) is 0 Å². The summed E-state index contributed by atoms with van der Waals surface area (Å²) in [5.41, 5.74) is 1.27. The first kappa shape index (κ1) is 12.1. The SMILES string of the molecule is CCCNc1ncnc(N2CCCC2)c1CC. The Bertz CT molecular complexity index is 358. The van der Waals surface area contributed by atoms with E-state index in [0.717, 1.165) is 44.1 Å². The van der Waals surface area contributed by atoms with Gasteiger partial charge in [-0.15, -0.1) is 0 Å². The lowest BCUT2D eigenvalue weighted by molar-refractivity contribution is 0.890. The lowest BCUT2D eigenvalue weighted by Crippen LogP contribution is -2.22. The van der Waals surface area contributed by atoms with Crippen molar-refractivity contribution in [3.8, 4) is 0 Å². The molecule has 2 rings (SSSR count). The second-order valence-electron chi connectivity index (χ2n) is 4.50. The first-order valence-electron chi connectivity index (χ1n) is 6.69. The third kappa shape index (κ3) is 2.68. The minimum atomic E-state index is 0.976. The van der Waals surface area contributed by atoms with Gasteiger partial charge in [-0.3, -0.25) is 0 Å². The van der Waals surface area contributed by atoms with Crippen molar-refractivity contribution in [2.45, 2.75) is 39.5 Å². The number of rotatable bonds is 5. The van der Waals surface area contributed by atoms with Gasteiger partial charge >= 0.3 is 0 Å². The average molecular weight is 234 g/mol. The fourth-order valence-electron chi connectivity index (χ4n) is 2.33. The summed E-state index contributed by atoms with van der Waals surface area (Å²) in [6.45, 7) is 7.59. The van der Waals surface area contributed by atoms with Gasteiger partial charge in [0.2, 0.25) is 0 Å². The number of aromatic nitrogens is 2. The molecule has 0 radical (unpaired) electrons. The van der Waals surface area contributed by atoms with E-state index in [1.165, 1.54) is 18.4 Å². The number of hydrogen-bond donors (Lipinski definition) is 1. The normalized spacial score (nSPS) is 15.3. The molecule has 1 aliphatic heterocycles. The van der Waals surface area contributed by atoms with E-state index in [2.05, 4.69) is 34.0 Å². The van der Waals surface area contributed by atoms with E-state index >= 15 is 0 Å².